The molecule has 3 atom stereocenters. The molecule has 2 fully saturated rings. The first-order valence-corrected chi connectivity index (χ1v) is 8.08. The van der Waals surface area contributed by atoms with Gasteiger partial charge in [0.05, 0.1) is 11.1 Å². The van der Waals surface area contributed by atoms with Crippen molar-refractivity contribution in [3.05, 3.63) is 38.9 Å². The van der Waals surface area contributed by atoms with Crippen molar-refractivity contribution < 1.29 is 9.72 Å². The molecule has 23 heavy (non-hydrogen) atoms. The lowest BCUT2D eigenvalue weighted by Crippen LogP contribution is -2.22. The van der Waals surface area contributed by atoms with Gasteiger partial charge in [-0.25, -0.2) is 5.43 Å². The number of halogens is 1. The summed E-state index contributed by atoms with van der Waals surface area (Å²) in [7, 11) is 0. The molecule has 1 N–H and O–H groups in total. The molecule has 2 aliphatic rings. The number of non-ortho nitro benzene ring substituents is 1. The van der Waals surface area contributed by atoms with Crippen molar-refractivity contribution in [2.45, 2.75) is 32.6 Å². The molecule has 122 valence electrons. The van der Waals surface area contributed by atoms with Crippen molar-refractivity contribution in [2.75, 3.05) is 0 Å². The molecule has 0 unspecified atom stereocenters. The molecule has 0 aromatic heterocycles. The van der Waals surface area contributed by atoms with Crippen LogP contribution >= 0.6 is 11.6 Å². The van der Waals surface area contributed by atoms with Gasteiger partial charge in [-0.2, -0.15) is 5.10 Å². The summed E-state index contributed by atoms with van der Waals surface area (Å²) in [6, 6.07) is 4.10. The number of carbonyl (C=O) groups is 1. The van der Waals surface area contributed by atoms with Crippen LogP contribution in [0.5, 0.6) is 0 Å². The van der Waals surface area contributed by atoms with Gasteiger partial charge in [0.1, 0.15) is 0 Å². The van der Waals surface area contributed by atoms with Gasteiger partial charge in [0.25, 0.3) is 5.69 Å². The fourth-order valence-corrected chi connectivity index (χ4v) is 4.00. The minimum absolute atomic E-state index is 0.0303. The van der Waals surface area contributed by atoms with E-state index in [4.69, 9.17) is 11.6 Å². The van der Waals surface area contributed by atoms with Crippen LogP contribution in [0.3, 0.4) is 0 Å². The molecule has 0 radical (unpaired) electrons. The number of nitrogens with zero attached hydrogens (tertiary/aromatic N) is 2. The number of fused-ring (bicyclic) bond motifs is 1. The van der Waals surface area contributed by atoms with Gasteiger partial charge in [-0.1, -0.05) is 31.4 Å². The highest BCUT2D eigenvalue weighted by Gasteiger charge is 2.64. The molecular weight excluding hydrogens is 318 g/mol. The van der Waals surface area contributed by atoms with E-state index in [1.54, 1.807) is 0 Å². The second kappa shape index (κ2) is 5.92. The lowest BCUT2D eigenvalue weighted by Gasteiger charge is -2.15. The van der Waals surface area contributed by atoms with Gasteiger partial charge >= 0.3 is 0 Å². The van der Waals surface area contributed by atoms with Gasteiger partial charge in [0, 0.05) is 28.6 Å². The monoisotopic (exact) mass is 335 g/mol. The molecule has 1 aromatic rings. The zero-order valence-electron chi connectivity index (χ0n) is 12.8. The highest BCUT2D eigenvalue weighted by Crippen LogP contribution is 2.66. The molecule has 0 spiro atoms. The Labute approximate surface area is 139 Å². The number of nitrogens with one attached hydrogen (secondary N) is 1. The van der Waals surface area contributed by atoms with Crippen molar-refractivity contribution in [2.24, 2.45) is 22.4 Å². The summed E-state index contributed by atoms with van der Waals surface area (Å²) in [5.74, 6) is 0.424. The van der Waals surface area contributed by atoms with Crippen LogP contribution < -0.4 is 5.43 Å². The summed E-state index contributed by atoms with van der Waals surface area (Å²) in [5, 5.41) is 15.0. The maximum absolute atomic E-state index is 12.3. The van der Waals surface area contributed by atoms with Crippen molar-refractivity contribution >= 4 is 29.4 Å². The van der Waals surface area contributed by atoms with Crippen molar-refractivity contribution in [3.8, 4) is 0 Å². The van der Waals surface area contributed by atoms with Crippen LogP contribution in [-0.4, -0.2) is 17.0 Å². The quantitative estimate of drug-likeness (QED) is 0.519. The molecule has 1 amide bonds. The number of rotatable bonds is 4. The summed E-state index contributed by atoms with van der Waals surface area (Å²) in [4.78, 5) is 22.5. The predicted octanol–water partition coefficient (Wildman–Crippen LogP) is 3.52. The van der Waals surface area contributed by atoms with Gasteiger partial charge in [0.2, 0.25) is 5.91 Å². The molecule has 6 nitrogen and oxygen atoms in total. The number of nitro groups is 1. The zero-order chi connectivity index (χ0) is 16.6. The number of hydrazone groups is 1. The van der Waals surface area contributed by atoms with Crippen LogP contribution in [0, 0.1) is 27.4 Å². The molecule has 2 aliphatic carbocycles. The van der Waals surface area contributed by atoms with E-state index < -0.39 is 4.92 Å². The topological polar surface area (TPSA) is 84.6 Å². The van der Waals surface area contributed by atoms with E-state index >= 15 is 0 Å². The van der Waals surface area contributed by atoms with Gasteiger partial charge in [-0.05, 0) is 30.2 Å². The van der Waals surface area contributed by atoms with E-state index in [0.717, 1.165) is 12.8 Å². The fraction of sp³-hybridized carbons (Fsp3) is 0.500. The number of carbonyl (C=O) groups excluding carboxylic acids is 1. The molecule has 1 aromatic carbocycles. The van der Waals surface area contributed by atoms with Crippen LogP contribution in [0.15, 0.2) is 23.3 Å². The largest absolute Gasteiger partial charge is 0.273 e. The standard InChI is InChI=1S/C16H18ClN3O3/c1-16-7-3-2-4-12(16)14(16)15(21)19-18-9-10-8-11(20(22)23)5-6-13(10)17/h5-6,8-9,12,14H,2-4,7H2,1H3,(H,19,21)/b18-9-/t12-,14-,16-/m1/s1. The Morgan fingerprint density at radius 1 is 1.52 bits per heavy atom. The Bertz CT molecular complexity index is 691. The van der Waals surface area contributed by atoms with Crippen LogP contribution in [0.4, 0.5) is 5.69 Å². The molecule has 0 aliphatic heterocycles. The average Bonchev–Trinajstić information content (AvgIpc) is 3.14. The Balaban J connectivity index is 1.64. The predicted molar refractivity (Wildman–Crippen MR) is 87.4 cm³/mol. The summed E-state index contributed by atoms with van der Waals surface area (Å²) in [6.45, 7) is 2.17. The van der Waals surface area contributed by atoms with E-state index in [9.17, 15) is 14.9 Å². The van der Waals surface area contributed by atoms with Gasteiger partial charge in [0.15, 0.2) is 0 Å². The number of amides is 1. The van der Waals surface area contributed by atoms with Crippen LogP contribution in [0.1, 0.15) is 38.2 Å². The van der Waals surface area contributed by atoms with Crippen LogP contribution in [0.25, 0.3) is 0 Å². The molecular formula is C16H18ClN3O3. The average molecular weight is 336 g/mol. The smallest absolute Gasteiger partial charge is 0.270 e. The van der Waals surface area contributed by atoms with E-state index in [1.807, 2.05) is 0 Å². The first kappa shape index (κ1) is 15.9. The van der Waals surface area contributed by atoms with E-state index in [-0.39, 0.29) is 22.9 Å². The lowest BCUT2D eigenvalue weighted by atomic mass is 9.90. The third-order valence-electron chi connectivity index (χ3n) is 5.18. The number of nitro benzene ring substituents is 1. The van der Waals surface area contributed by atoms with Gasteiger partial charge in [-0.15, -0.1) is 0 Å². The van der Waals surface area contributed by atoms with Crippen molar-refractivity contribution in [3.63, 3.8) is 0 Å². The molecule has 0 heterocycles. The molecule has 7 heteroatoms. The summed E-state index contributed by atoms with van der Waals surface area (Å²) >= 11 is 5.99. The van der Waals surface area contributed by atoms with Gasteiger partial charge < -0.3 is 0 Å². The van der Waals surface area contributed by atoms with Crippen molar-refractivity contribution in [1.82, 2.24) is 5.43 Å². The summed E-state index contributed by atoms with van der Waals surface area (Å²) in [5.41, 5.74) is 3.02. The van der Waals surface area contributed by atoms with Crippen LogP contribution in [-0.2, 0) is 4.79 Å². The highest BCUT2D eigenvalue weighted by atomic mass is 35.5. The Hall–Kier alpha value is -1.95. The van der Waals surface area contributed by atoms with Crippen LogP contribution in [0.2, 0.25) is 5.02 Å². The van der Waals surface area contributed by atoms with E-state index in [1.165, 1.54) is 37.3 Å². The third kappa shape index (κ3) is 2.95. The second-order valence-corrected chi connectivity index (χ2v) is 6.94. The Morgan fingerprint density at radius 2 is 2.30 bits per heavy atom. The first-order chi connectivity index (χ1) is 10.9. The molecule has 0 saturated heterocycles. The minimum Gasteiger partial charge on any atom is -0.273 e. The summed E-state index contributed by atoms with van der Waals surface area (Å²) < 4.78 is 0. The maximum Gasteiger partial charge on any atom is 0.270 e. The summed E-state index contributed by atoms with van der Waals surface area (Å²) in [6.07, 6.45) is 5.92. The third-order valence-corrected chi connectivity index (χ3v) is 5.53. The molecule has 2 saturated carbocycles. The SMILES string of the molecule is C[C@@]12CCCC[C@@H]1[C@@H]2C(=O)N/N=C\c1cc([N+](=O)[O-])ccc1Cl. The first-order valence-electron chi connectivity index (χ1n) is 7.70. The zero-order valence-corrected chi connectivity index (χ0v) is 13.5. The Morgan fingerprint density at radius 3 is 2.96 bits per heavy atom. The normalized spacial score (nSPS) is 29.1. The van der Waals surface area contributed by atoms with Gasteiger partial charge in [-0.3, -0.25) is 14.9 Å². The number of hydrogen-bond donors (Lipinski definition) is 1. The lowest BCUT2D eigenvalue weighted by molar-refractivity contribution is -0.384. The number of benzene rings is 1. The van der Waals surface area contributed by atoms with Crippen molar-refractivity contribution in [1.29, 1.82) is 0 Å². The second-order valence-electron chi connectivity index (χ2n) is 6.53. The van der Waals surface area contributed by atoms with E-state index in [2.05, 4.69) is 17.5 Å². The fourth-order valence-electron chi connectivity index (χ4n) is 3.83. The Kier molecular flexibility index (Phi) is 4.10. The highest BCUT2D eigenvalue weighted by molar-refractivity contribution is 6.33. The van der Waals surface area contributed by atoms with E-state index in [0.29, 0.717) is 16.5 Å². The minimum atomic E-state index is -0.498. The molecule has 0 bridgehead atoms. The number of hydrogen-bond acceptors (Lipinski definition) is 4. The molecule has 3 rings (SSSR count). The maximum atomic E-state index is 12.3.